The second-order valence-electron chi connectivity index (χ2n) is 4.19. The van der Waals surface area contributed by atoms with Crippen LogP contribution in [0.4, 0.5) is 0 Å². The summed E-state index contributed by atoms with van der Waals surface area (Å²) in [6.45, 7) is 3.42. The van der Waals surface area contributed by atoms with Gasteiger partial charge in [0.15, 0.2) is 0 Å². The van der Waals surface area contributed by atoms with Gasteiger partial charge in [-0.3, -0.25) is 0 Å². The fourth-order valence-corrected chi connectivity index (χ4v) is 2.40. The summed E-state index contributed by atoms with van der Waals surface area (Å²) in [6.07, 6.45) is 0. The number of hydrogen-bond donors (Lipinski definition) is 1. The first-order valence-corrected chi connectivity index (χ1v) is 7.80. The molecule has 0 aliphatic carbocycles. The van der Waals surface area contributed by atoms with E-state index in [-0.39, 0.29) is 14.9 Å². The maximum atomic E-state index is 9.53. The van der Waals surface area contributed by atoms with Crippen molar-refractivity contribution in [3.63, 3.8) is 0 Å². The molecule has 0 saturated carbocycles. The minimum absolute atomic E-state index is 0. The summed E-state index contributed by atoms with van der Waals surface area (Å²) in [5.41, 5.74) is -0.184. The zero-order chi connectivity index (χ0) is 14.5. The third-order valence-corrected chi connectivity index (χ3v) is 3.35. The van der Waals surface area contributed by atoms with Crippen LogP contribution in [0, 0.1) is 0 Å². The van der Waals surface area contributed by atoms with E-state index in [1.54, 1.807) is 19.9 Å². The van der Waals surface area contributed by atoms with Gasteiger partial charge in [0.25, 0.3) is 0 Å². The Hall–Kier alpha value is -0.300. The molecule has 0 aliphatic rings. The Bertz CT molecular complexity index is 525. The lowest BCUT2D eigenvalue weighted by atomic mass is 10.1. The molecule has 1 N–H and O–H groups in total. The zero-order valence-corrected chi connectivity index (χ0v) is 15.2. The minimum atomic E-state index is -0.857. The number of aromatic nitrogens is 2. The van der Waals surface area contributed by atoms with Gasteiger partial charge in [0.05, 0.1) is 5.69 Å². The Morgan fingerprint density at radius 2 is 1.19 bits per heavy atom. The van der Waals surface area contributed by atoms with E-state index in [1.165, 1.54) is 0 Å². The highest BCUT2D eigenvalue weighted by Crippen LogP contribution is 2.18. The first kappa shape index (κ1) is 23.0. The molecule has 0 unspecified atom stereocenters. The third kappa shape index (κ3) is 9.34. The minimum Gasteiger partial charge on any atom is -0.384 e. The zero-order valence-electron chi connectivity index (χ0n) is 10.4. The van der Waals surface area contributed by atoms with E-state index < -0.39 is 5.60 Å². The van der Waals surface area contributed by atoms with Crippen molar-refractivity contribution in [2.75, 3.05) is 0 Å². The van der Waals surface area contributed by atoms with Crippen molar-refractivity contribution in [2.45, 2.75) is 34.3 Å². The molecule has 21 heavy (non-hydrogen) atoms. The fourth-order valence-electron chi connectivity index (χ4n) is 1.13. The molecule has 0 aromatic carbocycles. The van der Waals surface area contributed by atoms with Crippen molar-refractivity contribution in [3.05, 3.63) is 55.9 Å². The molecule has 118 valence electrons. The highest BCUT2D eigenvalue weighted by Gasteiger charge is 2.16. The first-order chi connectivity index (χ1) is 8.79. The summed E-state index contributed by atoms with van der Waals surface area (Å²) in [5, 5.41) is 9.53. The van der Waals surface area contributed by atoms with E-state index in [9.17, 15) is 5.11 Å². The molecule has 0 saturated heterocycles. The molecule has 2 rings (SSSR count). The van der Waals surface area contributed by atoms with E-state index in [1.807, 2.05) is 30.3 Å². The van der Waals surface area contributed by atoms with Crippen molar-refractivity contribution < 1.29 is 5.11 Å². The summed E-state index contributed by atoms with van der Waals surface area (Å²) in [5.74, 6) is 0. The number of pyridine rings is 2. The summed E-state index contributed by atoms with van der Waals surface area (Å²) in [4.78, 5) is 8.12. The Balaban J connectivity index is 0. The lowest BCUT2D eigenvalue weighted by Crippen LogP contribution is -2.17. The standard InChI is InChI=1S/C8H10BrNO.C5H3Br2N.2CH4/c1-8(2,11)6-4-3-5-7(9)10-6;6-4-2-1-3-5(7)8-4;;/h3-5,11H,1-2H3;1-3H;2*1H4. The summed E-state index contributed by atoms with van der Waals surface area (Å²) in [7, 11) is 0. The molecule has 0 atom stereocenters. The second kappa shape index (κ2) is 10.4. The Morgan fingerprint density at radius 1 is 0.810 bits per heavy atom. The summed E-state index contributed by atoms with van der Waals surface area (Å²) < 4.78 is 2.45. The highest BCUT2D eigenvalue weighted by molar-refractivity contribution is 9.11. The van der Waals surface area contributed by atoms with Crippen LogP contribution in [0.1, 0.15) is 34.4 Å². The van der Waals surface area contributed by atoms with E-state index in [4.69, 9.17) is 0 Å². The average molecular weight is 485 g/mol. The normalized spacial score (nSPS) is 9.62. The third-order valence-electron chi connectivity index (χ3n) is 2.02. The van der Waals surface area contributed by atoms with Gasteiger partial charge in [-0.15, -0.1) is 0 Å². The van der Waals surface area contributed by atoms with Gasteiger partial charge in [0.1, 0.15) is 19.4 Å². The van der Waals surface area contributed by atoms with Gasteiger partial charge in [-0.2, -0.15) is 0 Å². The number of hydrogen-bond acceptors (Lipinski definition) is 3. The quantitative estimate of drug-likeness (QED) is 0.509. The van der Waals surface area contributed by atoms with Crippen molar-refractivity contribution in [1.82, 2.24) is 9.97 Å². The van der Waals surface area contributed by atoms with E-state index in [0.717, 1.165) is 13.8 Å². The molecule has 0 aliphatic heterocycles. The first-order valence-electron chi connectivity index (χ1n) is 5.42. The van der Waals surface area contributed by atoms with Crippen LogP contribution in [0.3, 0.4) is 0 Å². The van der Waals surface area contributed by atoms with Crippen LogP contribution in [0.2, 0.25) is 0 Å². The van der Waals surface area contributed by atoms with Crippen LogP contribution >= 0.6 is 47.8 Å². The Morgan fingerprint density at radius 3 is 1.43 bits per heavy atom. The maximum absolute atomic E-state index is 9.53. The monoisotopic (exact) mass is 482 g/mol. The molecular weight excluding hydrogens is 464 g/mol. The van der Waals surface area contributed by atoms with Crippen LogP contribution in [-0.4, -0.2) is 15.1 Å². The predicted octanol–water partition coefficient (Wildman–Crippen LogP) is 5.95. The number of halogens is 3. The number of rotatable bonds is 1. The van der Waals surface area contributed by atoms with Crippen LogP contribution in [0.5, 0.6) is 0 Å². The summed E-state index contributed by atoms with van der Waals surface area (Å²) in [6, 6.07) is 11.2. The maximum Gasteiger partial charge on any atom is 0.107 e. The Labute approximate surface area is 152 Å². The molecule has 2 aromatic heterocycles. The van der Waals surface area contributed by atoms with Crippen molar-refractivity contribution in [3.8, 4) is 0 Å². The van der Waals surface area contributed by atoms with Gasteiger partial charge < -0.3 is 5.11 Å². The second-order valence-corrected chi connectivity index (χ2v) is 6.63. The molecule has 0 spiro atoms. The van der Waals surface area contributed by atoms with Gasteiger partial charge in [0, 0.05) is 0 Å². The van der Waals surface area contributed by atoms with Crippen molar-refractivity contribution >= 4 is 47.8 Å². The lowest BCUT2D eigenvalue weighted by molar-refractivity contribution is 0.0737. The molecule has 2 aromatic rings. The molecule has 0 amide bonds. The molecular formula is C15H21Br3N2O. The SMILES string of the molecule is Brc1cccc(Br)n1.C.C.CC(C)(O)c1cccc(Br)n1. The van der Waals surface area contributed by atoms with Crippen LogP contribution in [-0.2, 0) is 5.60 Å². The molecule has 0 bridgehead atoms. The topological polar surface area (TPSA) is 46.0 Å². The van der Waals surface area contributed by atoms with E-state index >= 15 is 0 Å². The molecule has 6 heteroatoms. The van der Waals surface area contributed by atoms with Crippen molar-refractivity contribution in [2.24, 2.45) is 0 Å². The molecule has 3 nitrogen and oxygen atoms in total. The van der Waals surface area contributed by atoms with Gasteiger partial charge >= 0.3 is 0 Å². The average Bonchev–Trinajstić information content (AvgIpc) is 2.28. The largest absolute Gasteiger partial charge is 0.384 e. The van der Waals surface area contributed by atoms with Gasteiger partial charge in [-0.25, -0.2) is 9.97 Å². The van der Waals surface area contributed by atoms with Gasteiger partial charge in [0.2, 0.25) is 0 Å². The van der Waals surface area contributed by atoms with Crippen LogP contribution < -0.4 is 0 Å². The highest BCUT2D eigenvalue weighted by atomic mass is 79.9. The van der Waals surface area contributed by atoms with Crippen LogP contribution in [0.15, 0.2) is 50.2 Å². The van der Waals surface area contributed by atoms with Crippen LogP contribution in [0.25, 0.3) is 0 Å². The molecule has 0 radical (unpaired) electrons. The number of aliphatic hydroxyl groups is 1. The molecule has 0 fully saturated rings. The van der Waals surface area contributed by atoms with E-state index in [0.29, 0.717) is 5.69 Å². The van der Waals surface area contributed by atoms with Crippen molar-refractivity contribution in [1.29, 1.82) is 0 Å². The summed E-state index contributed by atoms with van der Waals surface area (Å²) >= 11 is 9.67. The number of nitrogens with zero attached hydrogens (tertiary/aromatic N) is 2. The van der Waals surface area contributed by atoms with E-state index in [2.05, 4.69) is 57.8 Å². The Kier molecular flexibility index (Phi) is 11.4. The van der Waals surface area contributed by atoms with Gasteiger partial charge in [-0.1, -0.05) is 27.0 Å². The predicted molar refractivity (Wildman–Crippen MR) is 100 cm³/mol. The van der Waals surface area contributed by atoms with Gasteiger partial charge in [-0.05, 0) is 85.9 Å². The fraction of sp³-hybridized carbons (Fsp3) is 0.333. The molecule has 2 heterocycles. The lowest BCUT2D eigenvalue weighted by Gasteiger charge is -2.15. The smallest absolute Gasteiger partial charge is 0.107 e.